The SMILES string of the molecule is C=C(C)C(=O)OCC(O)COc1c2ccccc2cc2c(Sc3ccccc3)cccc12. The summed E-state index contributed by atoms with van der Waals surface area (Å²) in [5.74, 6) is 0.182. The first kappa shape index (κ1) is 21.9. The van der Waals surface area contributed by atoms with Crippen LogP contribution in [0.25, 0.3) is 21.5 Å². The van der Waals surface area contributed by atoms with E-state index >= 15 is 0 Å². The van der Waals surface area contributed by atoms with Crippen molar-refractivity contribution in [1.29, 1.82) is 0 Å². The van der Waals surface area contributed by atoms with Gasteiger partial charge in [0.15, 0.2) is 0 Å². The maximum absolute atomic E-state index is 11.6. The first-order valence-corrected chi connectivity index (χ1v) is 11.2. The lowest BCUT2D eigenvalue weighted by Crippen LogP contribution is -2.25. The van der Waals surface area contributed by atoms with Crippen molar-refractivity contribution in [2.75, 3.05) is 13.2 Å². The van der Waals surface area contributed by atoms with Crippen molar-refractivity contribution in [2.24, 2.45) is 0 Å². The molecule has 4 nitrogen and oxygen atoms in total. The average Bonchev–Trinajstić information content (AvgIpc) is 2.81. The monoisotopic (exact) mass is 444 g/mol. The predicted octanol–water partition coefficient (Wildman–Crippen LogP) is 6.00. The van der Waals surface area contributed by atoms with Crippen LogP contribution in [0.4, 0.5) is 0 Å². The summed E-state index contributed by atoms with van der Waals surface area (Å²) in [4.78, 5) is 13.9. The van der Waals surface area contributed by atoms with E-state index in [2.05, 4.69) is 36.9 Å². The zero-order valence-corrected chi connectivity index (χ0v) is 18.6. The Bertz CT molecular complexity index is 1270. The molecule has 1 N–H and O–H groups in total. The Kier molecular flexibility index (Phi) is 6.78. The van der Waals surface area contributed by atoms with Gasteiger partial charge in [-0.25, -0.2) is 4.79 Å². The molecule has 0 bridgehead atoms. The third-order valence-corrected chi connectivity index (χ3v) is 6.05. The number of rotatable bonds is 8. The van der Waals surface area contributed by atoms with Crippen molar-refractivity contribution >= 4 is 39.3 Å². The van der Waals surface area contributed by atoms with Crippen LogP contribution in [0.3, 0.4) is 0 Å². The molecule has 0 aliphatic rings. The van der Waals surface area contributed by atoms with E-state index in [1.54, 1.807) is 18.7 Å². The molecule has 0 saturated carbocycles. The van der Waals surface area contributed by atoms with Gasteiger partial charge < -0.3 is 14.6 Å². The van der Waals surface area contributed by atoms with Gasteiger partial charge in [-0.3, -0.25) is 0 Å². The molecular weight excluding hydrogens is 420 g/mol. The Balaban J connectivity index is 1.66. The van der Waals surface area contributed by atoms with E-state index in [0.717, 1.165) is 31.3 Å². The predicted molar refractivity (Wildman–Crippen MR) is 129 cm³/mol. The maximum atomic E-state index is 11.6. The maximum Gasteiger partial charge on any atom is 0.333 e. The summed E-state index contributed by atoms with van der Waals surface area (Å²) in [5, 5.41) is 14.4. The lowest BCUT2D eigenvalue weighted by atomic mass is 10.0. The second-order valence-corrected chi connectivity index (χ2v) is 8.65. The summed E-state index contributed by atoms with van der Waals surface area (Å²) in [6.45, 7) is 4.96. The number of fused-ring (bicyclic) bond motifs is 2. The van der Waals surface area contributed by atoms with Gasteiger partial charge in [-0.2, -0.15) is 0 Å². The minimum absolute atomic E-state index is 0.00261. The van der Waals surface area contributed by atoms with E-state index in [4.69, 9.17) is 9.47 Å². The molecule has 0 heterocycles. The lowest BCUT2D eigenvalue weighted by Gasteiger charge is -2.17. The molecule has 0 fully saturated rings. The molecule has 32 heavy (non-hydrogen) atoms. The molecule has 0 saturated heterocycles. The molecule has 0 aliphatic carbocycles. The van der Waals surface area contributed by atoms with Crippen molar-refractivity contribution < 1.29 is 19.4 Å². The van der Waals surface area contributed by atoms with Gasteiger partial charge in [0, 0.05) is 26.1 Å². The van der Waals surface area contributed by atoms with E-state index in [1.807, 2.05) is 48.5 Å². The molecule has 5 heteroatoms. The Morgan fingerprint density at radius 2 is 1.66 bits per heavy atom. The molecule has 0 radical (unpaired) electrons. The molecule has 0 spiro atoms. The topological polar surface area (TPSA) is 55.8 Å². The number of aliphatic hydroxyl groups is 1. The fraction of sp³-hybridized carbons (Fsp3) is 0.148. The Morgan fingerprint density at radius 1 is 0.938 bits per heavy atom. The molecule has 1 unspecified atom stereocenters. The van der Waals surface area contributed by atoms with Crippen LogP contribution in [0.1, 0.15) is 6.92 Å². The highest BCUT2D eigenvalue weighted by atomic mass is 32.2. The molecule has 162 valence electrons. The standard InChI is InChI=1S/C27H24O4S/c1-18(2)27(29)31-17-20(28)16-30-26-22-12-7-6-9-19(22)15-24-23(26)13-8-14-25(24)32-21-10-4-3-5-11-21/h3-15,20,28H,1,16-17H2,2H3. The van der Waals surface area contributed by atoms with E-state index < -0.39 is 12.1 Å². The zero-order chi connectivity index (χ0) is 22.5. The van der Waals surface area contributed by atoms with E-state index in [9.17, 15) is 9.90 Å². The number of hydrogen-bond acceptors (Lipinski definition) is 5. The quantitative estimate of drug-likeness (QED) is 0.205. The fourth-order valence-corrected chi connectivity index (χ4v) is 4.38. The average molecular weight is 445 g/mol. The zero-order valence-electron chi connectivity index (χ0n) is 17.8. The largest absolute Gasteiger partial charge is 0.489 e. The molecular formula is C27H24O4S. The van der Waals surface area contributed by atoms with Crippen LogP contribution >= 0.6 is 11.8 Å². The smallest absolute Gasteiger partial charge is 0.333 e. The number of carbonyl (C=O) groups excluding carboxylic acids is 1. The van der Waals surface area contributed by atoms with E-state index in [0.29, 0.717) is 11.3 Å². The Hall–Kier alpha value is -3.28. The van der Waals surface area contributed by atoms with Gasteiger partial charge in [0.05, 0.1) is 0 Å². The van der Waals surface area contributed by atoms with Gasteiger partial charge in [0.1, 0.15) is 25.1 Å². The summed E-state index contributed by atoms with van der Waals surface area (Å²) in [7, 11) is 0. The van der Waals surface area contributed by atoms with Crippen molar-refractivity contribution in [3.63, 3.8) is 0 Å². The molecule has 0 aromatic heterocycles. The lowest BCUT2D eigenvalue weighted by molar-refractivity contribution is -0.142. The minimum Gasteiger partial charge on any atom is -0.489 e. The van der Waals surface area contributed by atoms with Crippen molar-refractivity contribution in [3.8, 4) is 5.75 Å². The second kappa shape index (κ2) is 9.90. The molecule has 4 aromatic rings. The summed E-state index contributed by atoms with van der Waals surface area (Å²) in [5.41, 5.74) is 0.293. The van der Waals surface area contributed by atoms with Crippen molar-refractivity contribution in [2.45, 2.75) is 22.8 Å². The van der Waals surface area contributed by atoms with Crippen LogP contribution in [0, 0.1) is 0 Å². The number of hydrogen-bond donors (Lipinski definition) is 1. The van der Waals surface area contributed by atoms with Gasteiger partial charge >= 0.3 is 5.97 Å². The fourth-order valence-electron chi connectivity index (χ4n) is 3.40. The van der Waals surface area contributed by atoms with Gasteiger partial charge in [0.2, 0.25) is 0 Å². The van der Waals surface area contributed by atoms with Gasteiger partial charge in [-0.05, 0) is 42.0 Å². The van der Waals surface area contributed by atoms with Crippen molar-refractivity contribution in [1.82, 2.24) is 0 Å². The highest BCUT2D eigenvalue weighted by Gasteiger charge is 2.15. The van der Waals surface area contributed by atoms with Crippen LogP contribution in [-0.4, -0.2) is 30.4 Å². The number of carbonyl (C=O) groups is 1. The van der Waals surface area contributed by atoms with Crippen LogP contribution in [-0.2, 0) is 9.53 Å². The van der Waals surface area contributed by atoms with Gasteiger partial charge in [0.25, 0.3) is 0 Å². The summed E-state index contributed by atoms with van der Waals surface area (Å²) >= 11 is 1.70. The molecule has 4 aromatic carbocycles. The van der Waals surface area contributed by atoms with Crippen LogP contribution in [0.15, 0.2) is 101 Å². The van der Waals surface area contributed by atoms with Crippen LogP contribution in [0.5, 0.6) is 5.75 Å². The first-order valence-electron chi connectivity index (χ1n) is 10.3. The first-order chi connectivity index (χ1) is 15.5. The third kappa shape index (κ3) is 4.96. The van der Waals surface area contributed by atoms with E-state index in [-0.39, 0.29) is 13.2 Å². The number of esters is 1. The second-order valence-electron chi connectivity index (χ2n) is 7.54. The van der Waals surface area contributed by atoms with Gasteiger partial charge in [-0.15, -0.1) is 0 Å². The van der Waals surface area contributed by atoms with Crippen LogP contribution < -0.4 is 4.74 Å². The number of aliphatic hydroxyl groups excluding tert-OH is 1. The normalized spacial score (nSPS) is 11.9. The third-order valence-electron chi connectivity index (χ3n) is 4.96. The molecule has 0 amide bonds. The van der Waals surface area contributed by atoms with E-state index in [1.165, 1.54) is 0 Å². The number of ether oxygens (including phenoxy) is 2. The minimum atomic E-state index is -0.950. The van der Waals surface area contributed by atoms with Crippen molar-refractivity contribution in [3.05, 3.63) is 91.0 Å². The van der Waals surface area contributed by atoms with Gasteiger partial charge in [-0.1, -0.05) is 72.9 Å². The Labute approximate surface area is 191 Å². The number of benzene rings is 4. The molecule has 4 rings (SSSR count). The molecule has 0 aliphatic heterocycles. The molecule has 1 atom stereocenters. The summed E-state index contributed by atoms with van der Waals surface area (Å²) in [6.07, 6.45) is -0.950. The summed E-state index contributed by atoms with van der Waals surface area (Å²) < 4.78 is 11.2. The van der Waals surface area contributed by atoms with Crippen LogP contribution in [0.2, 0.25) is 0 Å². The Morgan fingerprint density at radius 3 is 2.44 bits per heavy atom. The highest BCUT2D eigenvalue weighted by Crippen LogP contribution is 2.41. The highest BCUT2D eigenvalue weighted by molar-refractivity contribution is 7.99. The summed E-state index contributed by atoms with van der Waals surface area (Å²) in [6, 6.07) is 26.6.